The summed E-state index contributed by atoms with van der Waals surface area (Å²) in [6, 6.07) is 12.7. The first kappa shape index (κ1) is 20.3. The number of hydrogen-bond donors (Lipinski definition) is 1. The number of nitrogens with zero attached hydrogens (tertiary/aromatic N) is 4. The summed E-state index contributed by atoms with van der Waals surface area (Å²) < 4.78 is 18.2. The Morgan fingerprint density at radius 2 is 1.90 bits per heavy atom. The number of amides is 1. The average molecular weight is 458 g/mol. The molecular weight excluding hydrogens is 437 g/mol. The Labute approximate surface area is 187 Å². The summed E-state index contributed by atoms with van der Waals surface area (Å²) in [5, 5.41) is 12.8. The Balaban J connectivity index is 1.47. The molecule has 6 nitrogen and oxygen atoms in total. The van der Waals surface area contributed by atoms with Crippen molar-refractivity contribution in [1.29, 1.82) is 0 Å². The summed E-state index contributed by atoms with van der Waals surface area (Å²) in [5.41, 5.74) is 2.19. The number of aromatic nitrogens is 4. The van der Waals surface area contributed by atoms with Crippen LogP contribution in [0.1, 0.15) is 31.2 Å². The van der Waals surface area contributed by atoms with E-state index in [1.54, 1.807) is 12.1 Å². The normalized spacial score (nSPS) is 14.6. The van der Waals surface area contributed by atoms with Crippen molar-refractivity contribution in [3.05, 3.63) is 58.9 Å². The quantitative estimate of drug-likeness (QED) is 0.427. The van der Waals surface area contributed by atoms with Crippen LogP contribution in [0.4, 0.5) is 4.39 Å². The van der Waals surface area contributed by atoms with Gasteiger partial charge in [-0.05, 0) is 37.1 Å². The number of nitrogens with one attached hydrogen (secondary N) is 1. The molecule has 0 radical (unpaired) electrons. The first-order chi connectivity index (χ1) is 15.1. The molecule has 5 rings (SSSR count). The zero-order valence-electron chi connectivity index (χ0n) is 16.7. The molecule has 1 aliphatic rings. The molecule has 4 aromatic rings. The lowest BCUT2D eigenvalue weighted by atomic mass is 10.2. The van der Waals surface area contributed by atoms with Gasteiger partial charge in [0.25, 0.3) is 0 Å². The first-order valence-electron chi connectivity index (χ1n) is 10.3. The molecule has 1 fully saturated rings. The summed E-state index contributed by atoms with van der Waals surface area (Å²) in [4.78, 5) is 12.4. The number of hydrogen-bond acceptors (Lipinski definition) is 4. The Morgan fingerprint density at radius 3 is 2.68 bits per heavy atom. The van der Waals surface area contributed by atoms with E-state index in [0.29, 0.717) is 27.6 Å². The minimum absolute atomic E-state index is 0.00975. The van der Waals surface area contributed by atoms with Crippen LogP contribution >= 0.6 is 23.4 Å². The van der Waals surface area contributed by atoms with Crippen LogP contribution in [0.2, 0.25) is 5.02 Å². The van der Waals surface area contributed by atoms with Gasteiger partial charge in [-0.3, -0.25) is 9.20 Å². The maximum atomic E-state index is 14.4. The molecule has 0 spiro atoms. The molecule has 1 amide bonds. The number of imidazole rings is 1. The number of fused-ring (bicyclic) bond motifs is 3. The molecule has 1 saturated carbocycles. The van der Waals surface area contributed by atoms with Crippen molar-refractivity contribution in [2.75, 3.05) is 5.75 Å². The second-order valence-corrected chi connectivity index (χ2v) is 9.08. The van der Waals surface area contributed by atoms with Crippen molar-refractivity contribution in [3.63, 3.8) is 0 Å². The Bertz CT molecular complexity index is 1240. The lowest BCUT2D eigenvalue weighted by Gasteiger charge is -2.10. The van der Waals surface area contributed by atoms with E-state index in [0.717, 1.165) is 23.9 Å². The van der Waals surface area contributed by atoms with E-state index in [-0.39, 0.29) is 24.0 Å². The van der Waals surface area contributed by atoms with Gasteiger partial charge >= 0.3 is 0 Å². The fourth-order valence-electron chi connectivity index (χ4n) is 4.20. The van der Waals surface area contributed by atoms with Crippen LogP contribution < -0.4 is 5.32 Å². The SMILES string of the molecule is O=C(CSc1nnc2n(Cc3c(F)cccc3Cl)c3ccccc3n12)NC1CCCC1. The molecular formula is C22H21ClFN5OS. The third kappa shape index (κ3) is 3.90. The molecule has 2 aromatic heterocycles. The number of para-hydroxylation sites is 2. The molecule has 1 N–H and O–H groups in total. The number of carbonyl (C=O) groups excluding carboxylic acids is 1. The number of carbonyl (C=O) groups is 1. The van der Waals surface area contributed by atoms with Crippen LogP contribution in [-0.2, 0) is 11.3 Å². The highest BCUT2D eigenvalue weighted by molar-refractivity contribution is 7.99. The Kier molecular flexibility index (Phi) is 5.58. The van der Waals surface area contributed by atoms with Gasteiger partial charge in [0.15, 0.2) is 5.16 Å². The largest absolute Gasteiger partial charge is 0.353 e. The number of halogens is 2. The van der Waals surface area contributed by atoms with Crippen LogP contribution in [0.15, 0.2) is 47.6 Å². The summed E-state index contributed by atoms with van der Waals surface area (Å²) in [7, 11) is 0. The monoisotopic (exact) mass is 457 g/mol. The summed E-state index contributed by atoms with van der Waals surface area (Å²) in [6.45, 7) is 0.230. The third-order valence-electron chi connectivity index (χ3n) is 5.70. The average Bonchev–Trinajstić information content (AvgIpc) is 3.47. The lowest BCUT2D eigenvalue weighted by Crippen LogP contribution is -2.33. The van der Waals surface area contributed by atoms with Gasteiger partial charge in [-0.15, -0.1) is 10.2 Å². The van der Waals surface area contributed by atoms with Gasteiger partial charge in [0, 0.05) is 16.6 Å². The van der Waals surface area contributed by atoms with Crippen LogP contribution in [0.5, 0.6) is 0 Å². The second kappa shape index (κ2) is 8.51. The van der Waals surface area contributed by atoms with Gasteiger partial charge in [-0.1, -0.05) is 54.4 Å². The first-order valence-corrected chi connectivity index (χ1v) is 11.7. The number of benzene rings is 2. The maximum absolute atomic E-state index is 14.4. The molecule has 0 atom stereocenters. The van der Waals surface area contributed by atoms with Gasteiger partial charge in [0.2, 0.25) is 11.7 Å². The van der Waals surface area contributed by atoms with Crippen molar-refractivity contribution >= 4 is 46.1 Å². The van der Waals surface area contributed by atoms with E-state index in [1.807, 2.05) is 33.2 Å². The maximum Gasteiger partial charge on any atom is 0.237 e. The molecule has 1 aliphatic carbocycles. The summed E-state index contributed by atoms with van der Waals surface area (Å²) in [6.07, 6.45) is 4.46. The van der Waals surface area contributed by atoms with E-state index < -0.39 is 0 Å². The van der Waals surface area contributed by atoms with Crippen LogP contribution in [-0.4, -0.2) is 36.9 Å². The van der Waals surface area contributed by atoms with Crippen molar-refractivity contribution in [1.82, 2.24) is 24.5 Å². The highest BCUT2D eigenvalue weighted by Crippen LogP contribution is 2.28. The smallest absolute Gasteiger partial charge is 0.237 e. The van der Waals surface area contributed by atoms with Gasteiger partial charge in [-0.25, -0.2) is 4.39 Å². The van der Waals surface area contributed by atoms with Crippen molar-refractivity contribution in [3.8, 4) is 0 Å². The Morgan fingerprint density at radius 1 is 1.13 bits per heavy atom. The highest BCUT2D eigenvalue weighted by atomic mass is 35.5. The third-order valence-corrected chi connectivity index (χ3v) is 6.98. The summed E-state index contributed by atoms with van der Waals surface area (Å²) in [5.74, 6) is 0.506. The molecule has 2 aromatic carbocycles. The fourth-order valence-corrected chi connectivity index (χ4v) is 5.17. The van der Waals surface area contributed by atoms with E-state index in [2.05, 4.69) is 15.5 Å². The zero-order valence-corrected chi connectivity index (χ0v) is 18.3. The molecule has 0 aliphatic heterocycles. The van der Waals surface area contributed by atoms with Gasteiger partial charge in [-0.2, -0.15) is 0 Å². The molecule has 0 bridgehead atoms. The standard InChI is InChI=1S/C22H21ClFN5OS/c23-16-8-5-9-17(24)15(16)12-28-18-10-3-4-11-19(18)29-21(28)26-27-22(29)31-13-20(30)25-14-6-1-2-7-14/h3-5,8-11,14H,1-2,6-7,12-13H2,(H,25,30). The van der Waals surface area contributed by atoms with Gasteiger partial charge < -0.3 is 9.88 Å². The zero-order chi connectivity index (χ0) is 21.4. The van der Waals surface area contributed by atoms with E-state index in [1.165, 1.54) is 30.7 Å². The second-order valence-electron chi connectivity index (χ2n) is 7.73. The van der Waals surface area contributed by atoms with Gasteiger partial charge in [0.1, 0.15) is 5.82 Å². The van der Waals surface area contributed by atoms with E-state index >= 15 is 0 Å². The topological polar surface area (TPSA) is 64.2 Å². The fraction of sp³-hybridized carbons (Fsp3) is 0.318. The van der Waals surface area contributed by atoms with Crippen molar-refractivity contribution in [2.45, 2.75) is 43.4 Å². The molecule has 2 heterocycles. The molecule has 9 heteroatoms. The minimum atomic E-state index is -0.360. The van der Waals surface area contributed by atoms with E-state index in [4.69, 9.17) is 11.6 Å². The lowest BCUT2D eigenvalue weighted by molar-refractivity contribution is -0.119. The van der Waals surface area contributed by atoms with Crippen LogP contribution in [0, 0.1) is 5.82 Å². The summed E-state index contributed by atoms with van der Waals surface area (Å²) >= 11 is 7.62. The number of thioether (sulfide) groups is 1. The van der Waals surface area contributed by atoms with E-state index in [9.17, 15) is 9.18 Å². The van der Waals surface area contributed by atoms with Crippen molar-refractivity contribution < 1.29 is 9.18 Å². The predicted octanol–water partition coefficient (Wildman–Crippen LogP) is 4.68. The Hall–Kier alpha value is -2.58. The van der Waals surface area contributed by atoms with Gasteiger partial charge in [0.05, 0.1) is 23.3 Å². The molecule has 160 valence electrons. The minimum Gasteiger partial charge on any atom is -0.353 e. The highest BCUT2D eigenvalue weighted by Gasteiger charge is 2.21. The number of rotatable bonds is 6. The van der Waals surface area contributed by atoms with Crippen LogP contribution in [0.3, 0.4) is 0 Å². The van der Waals surface area contributed by atoms with Crippen LogP contribution in [0.25, 0.3) is 16.8 Å². The predicted molar refractivity (Wildman–Crippen MR) is 120 cm³/mol. The van der Waals surface area contributed by atoms with Crippen molar-refractivity contribution in [2.24, 2.45) is 0 Å². The molecule has 0 saturated heterocycles. The molecule has 31 heavy (non-hydrogen) atoms. The molecule has 0 unspecified atom stereocenters.